The van der Waals surface area contributed by atoms with Gasteiger partial charge in [-0.1, -0.05) is 6.92 Å². The topological polar surface area (TPSA) is 51.8 Å². The van der Waals surface area contributed by atoms with E-state index in [0.717, 1.165) is 28.2 Å². The highest BCUT2D eigenvalue weighted by atomic mass is 79.9. The van der Waals surface area contributed by atoms with Crippen molar-refractivity contribution in [3.05, 3.63) is 16.0 Å². The summed E-state index contributed by atoms with van der Waals surface area (Å²) in [6.07, 6.45) is 2.89. The van der Waals surface area contributed by atoms with Crippen LogP contribution in [0.4, 0.5) is 5.82 Å². The lowest BCUT2D eigenvalue weighted by Gasteiger charge is -2.05. The SMILES string of the molecule is CCc1nc(CSC)nc(N)c1Br. The number of aromatic nitrogens is 2. The van der Waals surface area contributed by atoms with Crippen molar-refractivity contribution >= 4 is 33.5 Å². The molecule has 0 aliphatic heterocycles. The van der Waals surface area contributed by atoms with Crippen molar-refractivity contribution in [2.75, 3.05) is 12.0 Å². The summed E-state index contributed by atoms with van der Waals surface area (Å²) in [6, 6.07) is 0. The van der Waals surface area contributed by atoms with Crippen molar-refractivity contribution in [3.63, 3.8) is 0 Å². The predicted molar refractivity (Wildman–Crippen MR) is 60.7 cm³/mol. The van der Waals surface area contributed by atoms with E-state index in [0.29, 0.717) is 5.82 Å². The zero-order valence-corrected chi connectivity index (χ0v) is 10.1. The van der Waals surface area contributed by atoms with Gasteiger partial charge in [0.1, 0.15) is 11.6 Å². The van der Waals surface area contributed by atoms with Crippen LogP contribution in [0.3, 0.4) is 0 Å². The standard InChI is InChI=1S/C8H12BrN3S/c1-3-5-7(9)8(10)12-6(11-5)4-13-2/h3-4H2,1-2H3,(H2,10,11,12). The Morgan fingerprint density at radius 1 is 1.46 bits per heavy atom. The fraction of sp³-hybridized carbons (Fsp3) is 0.500. The molecule has 0 aliphatic rings. The van der Waals surface area contributed by atoms with Gasteiger partial charge in [-0.15, -0.1) is 0 Å². The number of nitrogens with two attached hydrogens (primary N) is 1. The third-order valence-corrected chi connectivity index (χ3v) is 3.01. The summed E-state index contributed by atoms with van der Waals surface area (Å²) < 4.78 is 0.833. The van der Waals surface area contributed by atoms with Crippen LogP contribution in [0.15, 0.2) is 4.47 Å². The maximum Gasteiger partial charge on any atom is 0.141 e. The molecule has 0 atom stereocenters. The Bertz CT molecular complexity index is 304. The highest BCUT2D eigenvalue weighted by Gasteiger charge is 2.07. The van der Waals surface area contributed by atoms with Gasteiger partial charge in [0, 0.05) is 0 Å². The third-order valence-electron chi connectivity index (χ3n) is 1.60. The van der Waals surface area contributed by atoms with Gasteiger partial charge in [-0.05, 0) is 28.6 Å². The molecule has 0 unspecified atom stereocenters. The lowest BCUT2D eigenvalue weighted by molar-refractivity contribution is 0.935. The van der Waals surface area contributed by atoms with Crippen molar-refractivity contribution in [1.82, 2.24) is 9.97 Å². The highest BCUT2D eigenvalue weighted by molar-refractivity contribution is 9.10. The van der Waals surface area contributed by atoms with Gasteiger partial charge in [-0.2, -0.15) is 11.8 Å². The number of anilines is 1. The Morgan fingerprint density at radius 2 is 2.15 bits per heavy atom. The van der Waals surface area contributed by atoms with Crippen molar-refractivity contribution in [3.8, 4) is 0 Å². The average Bonchev–Trinajstić information content (AvgIpc) is 2.11. The first-order chi connectivity index (χ1) is 6.19. The van der Waals surface area contributed by atoms with E-state index in [1.54, 1.807) is 11.8 Å². The van der Waals surface area contributed by atoms with E-state index in [1.165, 1.54) is 0 Å². The average molecular weight is 262 g/mol. The number of hydrogen-bond acceptors (Lipinski definition) is 4. The quantitative estimate of drug-likeness (QED) is 0.907. The van der Waals surface area contributed by atoms with Crippen LogP contribution in [0.1, 0.15) is 18.4 Å². The first kappa shape index (κ1) is 10.8. The van der Waals surface area contributed by atoms with E-state index in [1.807, 2.05) is 6.26 Å². The van der Waals surface area contributed by atoms with E-state index >= 15 is 0 Å². The van der Waals surface area contributed by atoms with Gasteiger partial charge in [-0.25, -0.2) is 9.97 Å². The molecule has 0 radical (unpaired) electrons. The normalized spacial score (nSPS) is 10.4. The fourth-order valence-corrected chi connectivity index (χ4v) is 1.84. The van der Waals surface area contributed by atoms with Crippen LogP contribution < -0.4 is 5.73 Å². The molecule has 13 heavy (non-hydrogen) atoms. The molecule has 72 valence electrons. The molecular weight excluding hydrogens is 250 g/mol. The van der Waals surface area contributed by atoms with Crippen LogP contribution in [-0.4, -0.2) is 16.2 Å². The van der Waals surface area contributed by atoms with Crippen LogP contribution in [-0.2, 0) is 12.2 Å². The molecule has 0 amide bonds. The molecule has 5 heteroatoms. The summed E-state index contributed by atoms with van der Waals surface area (Å²) in [4.78, 5) is 8.55. The largest absolute Gasteiger partial charge is 0.383 e. The van der Waals surface area contributed by atoms with Gasteiger partial charge in [0.2, 0.25) is 0 Å². The van der Waals surface area contributed by atoms with Gasteiger partial charge < -0.3 is 5.73 Å². The van der Waals surface area contributed by atoms with Gasteiger partial charge in [0.25, 0.3) is 0 Å². The number of hydrogen-bond donors (Lipinski definition) is 1. The van der Waals surface area contributed by atoms with Gasteiger partial charge in [-0.3, -0.25) is 0 Å². The Kier molecular flexibility index (Phi) is 3.99. The second-order valence-electron chi connectivity index (χ2n) is 2.57. The van der Waals surface area contributed by atoms with Crippen molar-refractivity contribution in [2.24, 2.45) is 0 Å². The highest BCUT2D eigenvalue weighted by Crippen LogP contribution is 2.22. The Balaban J connectivity index is 3.06. The summed E-state index contributed by atoms with van der Waals surface area (Å²) in [7, 11) is 0. The lowest BCUT2D eigenvalue weighted by Crippen LogP contribution is -2.03. The molecule has 0 saturated carbocycles. The molecule has 0 saturated heterocycles. The minimum Gasteiger partial charge on any atom is -0.383 e. The second kappa shape index (κ2) is 4.81. The van der Waals surface area contributed by atoms with Crippen LogP contribution in [0, 0.1) is 0 Å². The second-order valence-corrected chi connectivity index (χ2v) is 4.23. The van der Waals surface area contributed by atoms with Gasteiger partial charge >= 0.3 is 0 Å². The number of nitrogen functional groups attached to an aromatic ring is 1. The molecule has 2 N–H and O–H groups in total. The molecule has 0 fully saturated rings. The summed E-state index contributed by atoms with van der Waals surface area (Å²) in [6.45, 7) is 2.05. The molecule has 1 aromatic rings. The summed E-state index contributed by atoms with van der Waals surface area (Å²) >= 11 is 5.06. The molecule has 0 spiro atoms. The van der Waals surface area contributed by atoms with Gasteiger partial charge in [0.05, 0.1) is 15.9 Å². The molecule has 0 aromatic carbocycles. The van der Waals surface area contributed by atoms with E-state index in [9.17, 15) is 0 Å². The number of nitrogens with zero attached hydrogens (tertiary/aromatic N) is 2. The van der Waals surface area contributed by atoms with Crippen LogP contribution in [0.25, 0.3) is 0 Å². The molecule has 0 aliphatic carbocycles. The van der Waals surface area contributed by atoms with E-state index in [4.69, 9.17) is 5.73 Å². The van der Waals surface area contributed by atoms with Crippen LogP contribution >= 0.6 is 27.7 Å². The Labute approximate surface area is 90.7 Å². The zero-order valence-electron chi connectivity index (χ0n) is 7.67. The molecule has 1 heterocycles. The minimum absolute atomic E-state index is 0.538. The first-order valence-electron chi connectivity index (χ1n) is 3.98. The summed E-state index contributed by atoms with van der Waals surface area (Å²) in [5.74, 6) is 2.16. The fourth-order valence-electron chi connectivity index (χ4n) is 0.994. The van der Waals surface area contributed by atoms with Crippen LogP contribution in [0.2, 0.25) is 0 Å². The van der Waals surface area contributed by atoms with Crippen LogP contribution in [0.5, 0.6) is 0 Å². The molecular formula is C8H12BrN3S. The van der Waals surface area contributed by atoms with Crippen molar-refractivity contribution in [2.45, 2.75) is 19.1 Å². The third kappa shape index (κ3) is 2.57. The monoisotopic (exact) mass is 261 g/mol. The molecule has 1 rings (SSSR count). The lowest BCUT2D eigenvalue weighted by atomic mass is 10.3. The van der Waals surface area contributed by atoms with Gasteiger partial charge in [0.15, 0.2) is 0 Å². The smallest absolute Gasteiger partial charge is 0.141 e. The Hall–Kier alpha value is -0.290. The first-order valence-corrected chi connectivity index (χ1v) is 6.17. The predicted octanol–water partition coefficient (Wildman–Crippen LogP) is 2.25. The van der Waals surface area contributed by atoms with E-state index in [2.05, 4.69) is 32.8 Å². The number of halogens is 1. The molecule has 3 nitrogen and oxygen atoms in total. The van der Waals surface area contributed by atoms with E-state index in [-0.39, 0.29) is 0 Å². The molecule has 0 bridgehead atoms. The number of aryl methyl sites for hydroxylation is 1. The van der Waals surface area contributed by atoms with E-state index < -0.39 is 0 Å². The number of rotatable bonds is 3. The number of thioether (sulfide) groups is 1. The van der Waals surface area contributed by atoms with Crippen molar-refractivity contribution < 1.29 is 0 Å². The van der Waals surface area contributed by atoms with Crippen molar-refractivity contribution in [1.29, 1.82) is 0 Å². The molecule has 1 aromatic heterocycles. The summed E-state index contributed by atoms with van der Waals surface area (Å²) in [5, 5.41) is 0. The zero-order chi connectivity index (χ0) is 9.84. The maximum atomic E-state index is 5.72. The Morgan fingerprint density at radius 3 is 2.69 bits per heavy atom. The minimum atomic E-state index is 0.538. The summed E-state index contributed by atoms with van der Waals surface area (Å²) in [5.41, 5.74) is 6.70. The maximum absolute atomic E-state index is 5.72.